The van der Waals surface area contributed by atoms with Crippen LogP contribution in [0.4, 0.5) is 0 Å². The number of nitrogens with one attached hydrogen (secondary N) is 1. The molecule has 0 saturated heterocycles. The Morgan fingerprint density at radius 1 is 1.00 bits per heavy atom. The van der Waals surface area contributed by atoms with Crippen LogP contribution in [0.25, 0.3) is 0 Å². The van der Waals surface area contributed by atoms with Crippen molar-refractivity contribution in [1.29, 1.82) is 0 Å². The fourth-order valence-corrected chi connectivity index (χ4v) is 1.86. The first-order valence-corrected chi connectivity index (χ1v) is 4.80. The SMILES string of the molecule is OC1CCCC[C@@H]1NC1CC1. The van der Waals surface area contributed by atoms with E-state index in [9.17, 15) is 5.11 Å². The topological polar surface area (TPSA) is 32.3 Å². The zero-order chi connectivity index (χ0) is 7.68. The van der Waals surface area contributed by atoms with E-state index >= 15 is 0 Å². The van der Waals surface area contributed by atoms with E-state index in [0.29, 0.717) is 6.04 Å². The zero-order valence-electron chi connectivity index (χ0n) is 6.92. The summed E-state index contributed by atoms with van der Waals surface area (Å²) in [6.45, 7) is 0. The Labute approximate surface area is 68.0 Å². The van der Waals surface area contributed by atoms with Crippen LogP contribution < -0.4 is 5.32 Å². The average molecular weight is 155 g/mol. The number of hydrogen-bond donors (Lipinski definition) is 2. The summed E-state index contributed by atoms with van der Waals surface area (Å²) in [5.41, 5.74) is 0. The summed E-state index contributed by atoms with van der Waals surface area (Å²) in [7, 11) is 0. The first kappa shape index (κ1) is 7.56. The summed E-state index contributed by atoms with van der Waals surface area (Å²) < 4.78 is 0. The van der Waals surface area contributed by atoms with Gasteiger partial charge in [-0.3, -0.25) is 0 Å². The molecule has 0 bridgehead atoms. The lowest BCUT2D eigenvalue weighted by Gasteiger charge is -2.28. The van der Waals surface area contributed by atoms with E-state index in [0.717, 1.165) is 12.5 Å². The molecule has 0 amide bonds. The molecule has 0 radical (unpaired) electrons. The molecular formula is C9H17NO. The summed E-state index contributed by atoms with van der Waals surface area (Å²) in [4.78, 5) is 0. The maximum Gasteiger partial charge on any atom is 0.0693 e. The van der Waals surface area contributed by atoms with E-state index < -0.39 is 0 Å². The molecule has 2 atom stereocenters. The maximum atomic E-state index is 9.58. The first-order chi connectivity index (χ1) is 5.36. The van der Waals surface area contributed by atoms with Crippen LogP contribution in [-0.2, 0) is 0 Å². The van der Waals surface area contributed by atoms with Gasteiger partial charge in [0, 0.05) is 12.1 Å². The normalized spacial score (nSPS) is 39.0. The Morgan fingerprint density at radius 3 is 2.36 bits per heavy atom. The molecule has 1 unspecified atom stereocenters. The van der Waals surface area contributed by atoms with Crippen molar-refractivity contribution in [1.82, 2.24) is 5.32 Å². The third-order valence-corrected chi connectivity index (χ3v) is 2.76. The second-order valence-corrected chi connectivity index (χ2v) is 3.90. The van der Waals surface area contributed by atoms with Gasteiger partial charge < -0.3 is 10.4 Å². The number of aliphatic hydroxyl groups excluding tert-OH is 1. The maximum absolute atomic E-state index is 9.58. The van der Waals surface area contributed by atoms with Gasteiger partial charge in [0.05, 0.1) is 6.10 Å². The summed E-state index contributed by atoms with van der Waals surface area (Å²) in [5.74, 6) is 0. The first-order valence-electron chi connectivity index (χ1n) is 4.80. The Hall–Kier alpha value is -0.0800. The monoisotopic (exact) mass is 155 g/mol. The van der Waals surface area contributed by atoms with Crippen LogP contribution in [0.1, 0.15) is 38.5 Å². The molecule has 64 valence electrons. The second-order valence-electron chi connectivity index (χ2n) is 3.90. The van der Waals surface area contributed by atoms with E-state index in [1.807, 2.05) is 0 Å². The van der Waals surface area contributed by atoms with Crippen molar-refractivity contribution in [2.75, 3.05) is 0 Å². The molecule has 2 aliphatic carbocycles. The van der Waals surface area contributed by atoms with E-state index in [-0.39, 0.29) is 6.10 Å². The van der Waals surface area contributed by atoms with E-state index in [4.69, 9.17) is 0 Å². The molecule has 0 heterocycles. The van der Waals surface area contributed by atoms with Gasteiger partial charge in [0.15, 0.2) is 0 Å². The Morgan fingerprint density at radius 2 is 1.73 bits per heavy atom. The average Bonchev–Trinajstić information content (AvgIpc) is 2.78. The van der Waals surface area contributed by atoms with Crippen LogP contribution in [0.3, 0.4) is 0 Å². The predicted octanol–water partition coefficient (Wildman–Crippen LogP) is 1.04. The molecule has 0 aliphatic heterocycles. The minimum absolute atomic E-state index is 0.0654. The highest BCUT2D eigenvalue weighted by atomic mass is 16.3. The zero-order valence-corrected chi connectivity index (χ0v) is 6.92. The lowest BCUT2D eigenvalue weighted by molar-refractivity contribution is 0.0901. The Balaban J connectivity index is 1.78. The molecule has 2 heteroatoms. The molecule has 2 saturated carbocycles. The second kappa shape index (κ2) is 3.11. The predicted molar refractivity (Wildman–Crippen MR) is 44.4 cm³/mol. The highest BCUT2D eigenvalue weighted by molar-refractivity contribution is 4.89. The quantitative estimate of drug-likeness (QED) is 0.624. The molecule has 2 nitrogen and oxygen atoms in total. The molecule has 0 spiro atoms. The highest BCUT2D eigenvalue weighted by Crippen LogP contribution is 2.24. The summed E-state index contributed by atoms with van der Waals surface area (Å²) in [5, 5.41) is 13.1. The van der Waals surface area contributed by atoms with Crippen molar-refractivity contribution in [2.45, 2.75) is 56.7 Å². The van der Waals surface area contributed by atoms with Gasteiger partial charge in [-0.05, 0) is 25.7 Å². The van der Waals surface area contributed by atoms with Crippen molar-refractivity contribution in [3.8, 4) is 0 Å². The van der Waals surface area contributed by atoms with E-state index in [1.54, 1.807) is 0 Å². The molecule has 0 aromatic heterocycles. The number of aliphatic hydroxyl groups is 1. The van der Waals surface area contributed by atoms with Crippen LogP contribution >= 0.6 is 0 Å². The van der Waals surface area contributed by atoms with Crippen LogP contribution in [-0.4, -0.2) is 23.3 Å². The molecule has 2 rings (SSSR count). The van der Waals surface area contributed by atoms with Gasteiger partial charge in [-0.2, -0.15) is 0 Å². The third kappa shape index (κ3) is 1.94. The molecular weight excluding hydrogens is 138 g/mol. The van der Waals surface area contributed by atoms with E-state index in [1.165, 1.54) is 32.1 Å². The molecule has 2 aliphatic rings. The highest BCUT2D eigenvalue weighted by Gasteiger charge is 2.29. The third-order valence-electron chi connectivity index (χ3n) is 2.76. The van der Waals surface area contributed by atoms with Crippen LogP contribution in [0.15, 0.2) is 0 Å². The molecule has 0 aromatic carbocycles. The molecule has 2 N–H and O–H groups in total. The fraction of sp³-hybridized carbons (Fsp3) is 1.00. The van der Waals surface area contributed by atoms with Crippen molar-refractivity contribution in [2.24, 2.45) is 0 Å². The van der Waals surface area contributed by atoms with Crippen LogP contribution in [0.5, 0.6) is 0 Å². The summed E-state index contributed by atoms with van der Waals surface area (Å²) >= 11 is 0. The lowest BCUT2D eigenvalue weighted by atomic mass is 9.92. The summed E-state index contributed by atoms with van der Waals surface area (Å²) in [6, 6.07) is 1.16. The van der Waals surface area contributed by atoms with Crippen molar-refractivity contribution in [3.63, 3.8) is 0 Å². The van der Waals surface area contributed by atoms with Crippen molar-refractivity contribution in [3.05, 3.63) is 0 Å². The smallest absolute Gasteiger partial charge is 0.0693 e. The Bertz CT molecular complexity index is 134. The standard InChI is InChI=1S/C9H17NO/c11-9-4-2-1-3-8(9)10-7-5-6-7/h7-11H,1-6H2/t8-,9?/m0/s1. The largest absolute Gasteiger partial charge is 0.392 e. The minimum atomic E-state index is -0.0654. The van der Waals surface area contributed by atoms with Crippen LogP contribution in [0.2, 0.25) is 0 Å². The molecule has 0 aromatic rings. The minimum Gasteiger partial charge on any atom is -0.392 e. The molecule has 11 heavy (non-hydrogen) atoms. The number of rotatable bonds is 2. The summed E-state index contributed by atoms with van der Waals surface area (Å²) in [6.07, 6.45) is 7.27. The van der Waals surface area contributed by atoms with Gasteiger partial charge in [-0.1, -0.05) is 12.8 Å². The number of hydrogen-bond acceptors (Lipinski definition) is 2. The van der Waals surface area contributed by atoms with Gasteiger partial charge >= 0.3 is 0 Å². The van der Waals surface area contributed by atoms with E-state index in [2.05, 4.69) is 5.32 Å². The fourth-order valence-electron chi connectivity index (χ4n) is 1.86. The molecule has 2 fully saturated rings. The van der Waals surface area contributed by atoms with Gasteiger partial charge in [0.2, 0.25) is 0 Å². The van der Waals surface area contributed by atoms with Crippen LogP contribution in [0, 0.1) is 0 Å². The Kier molecular flexibility index (Phi) is 2.14. The van der Waals surface area contributed by atoms with Gasteiger partial charge in [-0.15, -0.1) is 0 Å². The van der Waals surface area contributed by atoms with Gasteiger partial charge in [0.1, 0.15) is 0 Å². The van der Waals surface area contributed by atoms with Crippen molar-refractivity contribution < 1.29 is 5.11 Å². The van der Waals surface area contributed by atoms with Gasteiger partial charge in [-0.25, -0.2) is 0 Å². The lowest BCUT2D eigenvalue weighted by Crippen LogP contribution is -2.43. The van der Waals surface area contributed by atoms with Crippen molar-refractivity contribution >= 4 is 0 Å². The van der Waals surface area contributed by atoms with Gasteiger partial charge in [0.25, 0.3) is 0 Å².